The molecule has 0 saturated carbocycles. The number of ether oxygens (including phenoxy) is 1. The van der Waals surface area contributed by atoms with Crippen molar-refractivity contribution in [1.29, 1.82) is 0 Å². The van der Waals surface area contributed by atoms with E-state index in [1.165, 1.54) is 18.4 Å². The van der Waals surface area contributed by atoms with Gasteiger partial charge in [0.05, 0.1) is 23.3 Å². The van der Waals surface area contributed by atoms with Crippen LogP contribution in [0.5, 0.6) is 0 Å². The van der Waals surface area contributed by atoms with Crippen molar-refractivity contribution < 1.29 is 32.0 Å². The number of aryl methyl sites for hydroxylation is 1. The highest BCUT2D eigenvalue weighted by Gasteiger charge is 2.20. The molecule has 33 heavy (non-hydrogen) atoms. The molecule has 1 aromatic heterocycles. The molecule has 0 atom stereocenters. The summed E-state index contributed by atoms with van der Waals surface area (Å²) < 4.78 is 37.5. The molecule has 10 nitrogen and oxygen atoms in total. The van der Waals surface area contributed by atoms with Crippen molar-refractivity contribution in [2.24, 2.45) is 0 Å². The zero-order chi connectivity index (χ0) is 23.8. The van der Waals surface area contributed by atoms with E-state index >= 15 is 0 Å². The fraction of sp³-hybridized carbons (Fsp3) is 0.136. The summed E-state index contributed by atoms with van der Waals surface area (Å²) in [6.45, 7) is 0.863. The van der Waals surface area contributed by atoms with Crippen LogP contribution in [0.2, 0.25) is 0 Å². The Bertz CT molecular complexity index is 1240. The normalized spacial score (nSPS) is 10.9. The summed E-state index contributed by atoms with van der Waals surface area (Å²) in [6.07, 6.45) is 1.42. The maximum atomic E-state index is 12.5. The summed E-state index contributed by atoms with van der Waals surface area (Å²) >= 11 is 0. The standard InChI is InChI=1S/C22H21N3O7S/c1-15-9-10-18(33(29,30)23-13-17-8-5-11-31-17)12-19(15)22(28)32-14-20(26)24-25-21(27)16-6-3-2-4-7-16/h2-12,23H,13-14H2,1H3,(H,24,26)(H,25,27). The third-order valence-electron chi connectivity index (χ3n) is 4.44. The Morgan fingerprint density at radius 1 is 0.970 bits per heavy atom. The number of hydrogen-bond acceptors (Lipinski definition) is 7. The maximum Gasteiger partial charge on any atom is 0.338 e. The van der Waals surface area contributed by atoms with Crippen LogP contribution in [0, 0.1) is 6.92 Å². The van der Waals surface area contributed by atoms with Gasteiger partial charge in [0.15, 0.2) is 6.61 Å². The molecular weight excluding hydrogens is 450 g/mol. The quantitative estimate of drug-likeness (QED) is 0.335. The number of benzene rings is 2. The third kappa shape index (κ3) is 6.51. The Morgan fingerprint density at radius 2 is 1.73 bits per heavy atom. The Morgan fingerprint density at radius 3 is 2.42 bits per heavy atom. The second-order valence-corrected chi connectivity index (χ2v) is 8.59. The van der Waals surface area contributed by atoms with Crippen molar-refractivity contribution in [3.63, 3.8) is 0 Å². The lowest BCUT2D eigenvalue weighted by atomic mass is 10.1. The van der Waals surface area contributed by atoms with E-state index in [4.69, 9.17) is 9.15 Å². The highest BCUT2D eigenvalue weighted by Crippen LogP contribution is 2.17. The van der Waals surface area contributed by atoms with Crippen LogP contribution in [-0.4, -0.2) is 32.8 Å². The largest absolute Gasteiger partial charge is 0.468 e. The number of esters is 1. The molecule has 0 bridgehead atoms. The minimum atomic E-state index is -3.93. The van der Waals surface area contributed by atoms with Gasteiger partial charge in [-0.3, -0.25) is 20.4 Å². The summed E-state index contributed by atoms with van der Waals surface area (Å²) in [5.74, 6) is -1.77. The molecule has 11 heteroatoms. The number of carbonyl (C=O) groups excluding carboxylic acids is 3. The van der Waals surface area contributed by atoms with Crippen LogP contribution in [0.4, 0.5) is 0 Å². The lowest BCUT2D eigenvalue weighted by molar-refractivity contribution is -0.125. The zero-order valence-electron chi connectivity index (χ0n) is 17.5. The van der Waals surface area contributed by atoms with Crippen LogP contribution in [0.1, 0.15) is 32.0 Å². The van der Waals surface area contributed by atoms with Crippen molar-refractivity contribution in [1.82, 2.24) is 15.6 Å². The first-order valence-electron chi connectivity index (χ1n) is 9.70. The summed E-state index contributed by atoms with van der Waals surface area (Å²) in [5.41, 5.74) is 5.12. The van der Waals surface area contributed by atoms with E-state index in [0.29, 0.717) is 16.9 Å². The Balaban J connectivity index is 1.57. The summed E-state index contributed by atoms with van der Waals surface area (Å²) in [4.78, 5) is 36.1. The minimum absolute atomic E-state index is 0.0167. The molecule has 2 amide bonds. The van der Waals surface area contributed by atoms with Gasteiger partial charge in [-0.15, -0.1) is 0 Å². The molecule has 3 aromatic rings. The van der Waals surface area contributed by atoms with Gasteiger partial charge in [-0.05, 0) is 48.9 Å². The summed E-state index contributed by atoms with van der Waals surface area (Å²) in [7, 11) is -3.93. The molecule has 0 aliphatic rings. The van der Waals surface area contributed by atoms with E-state index in [1.807, 2.05) is 0 Å². The van der Waals surface area contributed by atoms with Gasteiger partial charge in [0, 0.05) is 5.56 Å². The molecule has 3 rings (SSSR count). The number of sulfonamides is 1. The van der Waals surface area contributed by atoms with Gasteiger partial charge in [-0.1, -0.05) is 24.3 Å². The first-order valence-corrected chi connectivity index (χ1v) is 11.2. The first-order chi connectivity index (χ1) is 15.8. The molecule has 172 valence electrons. The molecule has 0 spiro atoms. The number of hydrogen-bond donors (Lipinski definition) is 3. The van der Waals surface area contributed by atoms with Crippen molar-refractivity contribution >= 4 is 27.8 Å². The van der Waals surface area contributed by atoms with Crippen molar-refractivity contribution in [2.45, 2.75) is 18.4 Å². The van der Waals surface area contributed by atoms with Gasteiger partial charge in [0.2, 0.25) is 10.0 Å². The van der Waals surface area contributed by atoms with E-state index in [9.17, 15) is 22.8 Å². The second-order valence-electron chi connectivity index (χ2n) is 6.83. The predicted molar refractivity (Wildman–Crippen MR) is 116 cm³/mol. The molecule has 1 heterocycles. The average molecular weight is 471 g/mol. The summed E-state index contributed by atoms with van der Waals surface area (Å²) in [6, 6.07) is 15.4. The molecule has 0 unspecified atom stereocenters. The molecular formula is C22H21N3O7S. The van der Waals surface area contributed by atoms with E-state index in [1.54, 1.807) is 49.4 Å². The monoisotopic (exact) mass is 471 g/mol. The third-order valence-corrected chi connectivity index (χ3v) is 5.84. The second kappa shape index (κ2) is 10.6. The highest BCUT2D eigenvalue weighted by atomic mass is 32.2. The molecule has 0 fully saturated rings. The van der Waals surface area contributed by atoms with Crippen molar-refractivity contribution in [3.05, 3.63) is 89.4 Å². The van der Waals surface area contributed by atoms with Gasteiger partial charge < -0.3 is 9.15 Å². The Labute approximate surface area is 190 Å². The minimum Gasteiger partial charge on any atom is -0.468 e. The predicted octanol–water partition coefficient (Wildman–Crippen LogP) is 1.68. The number of furan rings is 1. The number of hydrazine groups is 1. The number of rotatable bonds is 8. The van der Waals surface area contributed by atoms with E-state index in [2.05, 4.69) is 15.6 Å². The number of amides is 2. The van der Waals surface area contributed by atoms with E-state index in [-0.39, 0.29) is 17.0 Å². The fourth-order valence-corrected chi connectivity index (χ4v) is 3.70. The topological polar surface area (TPSA) is 144 Å². The van der Waals surface area contributed by atoms with Gasteiger partial charge in [0.25, 0.3) is 11.8 Å². The van der Waals surface area contributed by atoms with Crippen molar-refractivity contribution in [2.75, 3.05) is 6.61 Å². The fourth-order valence-electron chi connectivity index (χ4n) is 2.68. The van der Waals surface area contributed by atoms with Gasteiger partial charge >= 0.3 is 5.97 Å². The van der Waals surface area contributed by atoms with Crippen LogP contribution in [0.25, 0.3) is 0 Å². The lowest BCUT2D eigenvalue weighted by Crippen LogP contribution is -2.43. The first kappa shape index (κ1) is 23.7. The summed E-state index contributed by atoms with van der Waals surface area (Å²) in [5, 5.41) is 0. The Hall–Kier alpha value is -3.96. The van der Waals surface area contributed by atoms with E-state index in [0.717, 1.165) is 6.07 Å². The lowest BCUT2D eigenvalue weighted by Gasteiger charge is -2.11. The maximum absolute atomic E-state index is 12.5. The molecule has 0 radical (unpaired) electrons. The van der Waals surface area contributed by atoms with Crippen LogP contribution in [0.3, 0.4) is 0 Å². The van der Waals surface area contributed by atoms with E-state index < -0.39 is 34.4 Å². The zero-order valence-corrected chi connectivity index (χ0v) is 18.3. The van der Waals surface area contributed by atoms with Crippen LogP contribution in [-0.2, 0) is 26.1 Å². The number of carbonyl (C=O) groups is 3. The average Bonchev–Trinajstić information content (AvgIpc) is 3.34. The van der Waals surface area contributed by atoms with Gasteiger partial charge in [-0.25, -0.2) is 17.9 Å². The molecule has 0 saturated heterocycles. The molecule has 2 aromatic carbocycles. The highest BCUT2D eigenvalue weighted by molar-refractivity contribution is 7.89. The Kier molecular flexibility index (Phi) is 7.59. The van der Waals surface area contributed by atoms with Crippen LogP contribution in [0.15, 0.2) is 76.2 Å². The SMILES string of the molecule is Cc1ccc(S(=O)(=O)NCc2ccco2)cc1C(=O)OCC(=O)NNC(=O)c1ccccc1. The molecule has 0 aliphatic heterocycles. The molecule has 0 aliphatic carbocycles. The smallest absolute Gasteiger partial charge is 0.338 e. The van der Waals surface area contributed by atoms with Crippen molar-refractivity contribution in [3.8, 4) is 0 Å². The van der Waals surface area contributed by atoms with Crippen LogP contribution < -0.4 is 15.6 Å². The van der Waals surface area contributed by atoms with Gasteiger partial charge in [0.1, 0.15) is 5.76 Å². The van der Waals surface area contributed by atoms with Crippen LogP contribution >= 0.6 is 0 Å². The number of nitrogens with one attached hydrogen (secondary N) is 3. The van der Waals surface area contributed by atoms with Gasteiger partial charge in [-0.2, -0.15) is 0 Å². The molecule has 3 N–H and O–H groups in total.